The first-order valence-corrected chi connectivity index (χ1v) is 5.44. The summed E-state index contributed by atoms with van der Waals surface area (Å²) < 4.78 is 5.17. The van der Waals surface area contributed by atoms with Crippen molar-refractivity contribution in [1.82, 2.24) is 0 Å². The van der Waals surface area contributed by atoms with Crippen molar-refractivity contribution in [3.63, 3.8) is 0 Å². The highest BCUT2D eigenvalue weighted by Crippen LogP contribution is 2.31. The topological polar surface area (TPSA) is 13.6 Å². The van der Waals surface area contributed by atoms with Gasteiger partial charge in [0.15, 0.2) is 5.69 Å². The van der Waals surface area contributed by atoms with Gasteiger partial charge >= 0.3 is 0 Å². The van der Waals surface area contributed by atoms with E-state index in [0.717, 1.165) is 11.1 Å². The normalized spacial score (nSPS) is 9.71. The fraction of sp³-hybridized carbons (Fsp3) is 0.0714. The van der Waals surface area contributed by atoms with Crippen molar-refractivity contribution < 1.29 is 4.74 Å². The van der Waals surface area contributed by atoms with Gasteiger partial charge < -0.3 is 4.74 Å². The van der Waals surface area contributed by atoms with Crippen LogP contribution in [0.3, 0.4) is 0 Å². The zero-order valence-corrected chi connectivity index (χ0v) is 10.0. The smallest absolute Gasteiger partial charge is 0.187 e. The van der Waals surface area contributed by atoms with Gasteiger partial charge in [0.1, 0.15) is 5.75 Å². The first-order valence-electron chi connectivity index (χ1n) is 5.06. The second-order valence-corrected chi connectivity index (χ2v) is 3.92. The van der Waals surface area contributed by atoms with Crippen LogP contribution in [-0.2, 0) is 0 Å². The maximum Gasteiger partial charge on any atom is 0.187 e. The largest absolute Gasteiger partial charge is 0.495 e. The molecule has 84 valence electrons. The lowest BCUT2D eigenvalue weighted by atomic mass is 10.1. The second-order valence-electron chi connectivity index (χ2n) is 3.51. The van der Waals surface area contributed by atoms with Crippen molar-refractivity contribution in [3.05, 3.63) is 58.9 Å². The molecule has 0 fully saturated rings. The highest BCUT2D eigenvalue weighted by molar-refractivity contribution is 6.32. The molecule has 2 aromatic carbocycles. The van der Waals surface area contributed by atoms with Gasteiger partial charge in [0.2, 0.25) is 0 Å². The summed E-state index contributed by atoms with van der Waals surface area (Å²) in [7, 11) is 1.59. The molecule has 0 aliphatic carbocycles. The van der Waals surface area contributed by atoms with Crippen molar-refractivity contribution in [1.29, 1.82) is 0 Å². The Morgan fingerprint density at radius 3 is 2.29 bits per heavy atom. The van der Waals surface area contributed by atoms with Gasteiger partial charge in [0.05, 0.1) is 18.7 Å². The Morgan fingerprint density at radius 2 is 1.71 bits per heavy atom. The molecule has 17 heavy (non-hydrogen) atoms. The fourth-order valence-electron chi connectivity index (χ4n) is 1.57. The average molecular weight is 244 g/mol. The summed E-state index contributed by atoms with van der Waals surface area (Å²) >= 11 is 5.97. The van der Waals surface area contributed by atoms with Crippen molar-refractivity contribution in [2.45, 2.75) is 0 Å². The van der Waals surface area contributed by atoms with Crippen LogP contribution in [0.4, 0.5) is 5.69 Å². The molecule has 2 aromatic rings. The third-order valence-electron chi connectivity index (χ3n) is 2.48. The van der Waals surface area contributed by atoms with Gasteiger partial charge in [-0.1, -0.05) is 41.9 Å². The van der Waals surface area contributed by atoms with E-state index < -0.39 is 0 Å². The summed E-state index contributed by atoms with van der Waals surface area (Å²) in [5, 5.41) is 0.592. The summed E-state index contributed by atoms with van der Waals surface area (Å²) in [5.74, 6) is 0.651. The molecule has 0 N–H and O–H groups in total. The first-order chi connectivity index (χ1) is 8.24. The highest BCUT2D eigenvalue weighted by Gasteiger charge is 2.03. The van der Waals surface area contributed by atoms with Crippen LogP contribution < -0.4 is 4.74 Å². The van der Waals surface area contributed by atoms with Gasteiger partial charge in [-0.25, -0.2) is 4.85 Å². The molecule has 0 heterocycles. The summed E-state index contributed by atoms with van der Waals surface area (Å²) in [6.07, 6.45) is 0. The molecule has 0 saturated carbocycles. The summed E-state index contributed by atoms with van der Waals surface area (Å²) in [4.78, 5) is 3.36. The molecule has 0 unspecified atom stereocenters. The van der Waals surface area contributed by atoms with Gasteiger partial charge in [0.25, 0.3) is 0 Å². The molecule has 0 aliphatic heterocycles. The molecule has 3 heteroatoms. The van der Waals surface area contributed by atoms with E-state index in [2.05, 4.69) is 4.85 Å². The molecule has 0 amide bonds. The molecule has 0 spiro atoms. The number of ether oxygens (including phenoxy) is 1. The van der Waals surface area contributed by atoms with Crippen LogP contribution in [0.25, 0.3) is 16.0 Å². The number of rotatable bonds is 2. The molecular weight excluding hydrogens is 234 g/mol. The zero-order chi connectivity index (χ0) is 12.3. The number of methoxy groups -OCH3 is 1. The van der Waals surface area contributed by atoms with E-state index in [1.54, 1.807) is 25.3 Å². The highest BCUT2D eigenvalue weighted by atomic mass is 35.5. The van der Waals surface area contributed by atoms with E-state index in [4.69, 9.17) is 22.9 Å². The van der Waals surface area contributed by atoms with E-state index in [1.807, 2.05) is 24.3 Å². The lowest BCUT2D eigenvalue weighted by molar-refractivity contribution is 0.415. The summed E-state index contributed by atoms with van der Waals surface area (Å²) in [6.45, 7) is 6.90. The molecule has 0 radical (unpaired) electrons. The molecule has 0 aromatic heterocycles. The van der Waals surface area contributed by atoms with E-state index in [0.29, 0.717) is 16.5 Å². The number of nitrogens with zero attached hydrogens (tertiary/aromatic N) is 1. The molecule has 0 aliphatic rings. The van der Waals surface area contributed by atoms with Gasteiger partial charge in [0, 0.05) is 0 Å². The molecule has 0 bridgehead atoms. The van der Waals surface area contributed by atoms with E-state index in [-0.39, 0.29) is 0 Å². The van der Waals surface area contributed by atoms with Crippen molar-refractivity contribution in [2.75, 3.05) is 7.11 Å². The quantitative estimate of drug-likeness (QED) is 0.705. The first kappa shape index (κ1) is 11.5. The van der Waals surface area contributed by atoms with E-state index in [1.165, 1.54) is 0 Å². The lowest BCUT2D eigenvalue weighted by Gasteiger charge is -2.06. The fourth-order valence-corrected chi connectivity index (χ4v) is 1.76. The van der Waals surface area contributed by atoms with Crippen LogP contribution in [0, 0.1) is 6.57 Å². The van der Waals surface area contributed by atoms with Crippen LogP contribution in [0.2, 0.25) is 5.02 Å². The predicted molar refractivity (Wildman–Crippen MR) is 69.7 cm³/mol. The van der Waals surface area contributed by atoms with Crippen LogP contribution >= 0.6 is 11.6 Å². The van der Waals surface area contributed by atoms with Gasteiger partial charge in [-0.15, -0.1) is 0 Å². The Balaban J connectivity index is 2.42. The van der Waals surface area contributed by atoms with Gasteiger partial charge in [-0.05, 0) is 23.3 Å². The Bertz CT molecular complexity index is 570. The molecule has 2 nitrogen and oxygen atoms in total. The Labute approximate surface area is 105 Å². The predicted octanol–water partition coefficient (Wildman–Crippen LogP) is 4.57. The monoisotopic (exact) mass is 243 g/mol. The third-order valence-corrected chi connectivity index (χ3v) is 2.79. The number of hydrogen-bond acceptors (Lipinski definition) is 1. The maximum atomic E-state index is 6.90. The van der Waals surface area contributed by atoms with Crippen LogP contribution in [0.15, 0.2) is 42.5 Å². The van der Waals surface area contributed by atoms with Crippen molar-refractivity contribution >= 4 is 17.3 Å². The molecule has 0 saturated heterocycles. The summed E-state index contributed by atoms with van der Waals surface area (Å²) in [5.41, 5.74) is 2.69. The SMILES string of the molecule is [C-]#[N+]c1ccc(-c2ccc(Cl)c(OC)c2)cc1. The van der Waals surface area contributed by atoms with Gasteiger partial charge in [-0.3, -0.25) is 0 Å². The zero-order valence-electron chi connectivity index (χ0n) is 9.27. The minimum absolute atomic E-state index is 0.592. The maximum absolute atomic E-state index is 6.90. The lowest BCUT2D eigenvalue weighted by Crippen LogP contribution is -1.85. The van der Waals surface area contributed by atoms with E-state index in [9.17, 15) is 0 Å². The average Bonchev–Trinajstić information content (AvgIpc) is 2.39. The van der Waals surface area contributed by atoms with Crippen LogP contribution in [-0.4, -0.2) is 7.11 Å². The molecular formula is C14H10ClNO. The van der Waals surface area contributed by atoms with Crippen LogP contribution in [0.1, 0.15) is 0 Å². The summed E-state index contributed by atoms with van der Waals surface area (Å²) in [6, 6.07) is 13.0. The third kappa shape index (κ3) is 2.41. The minimum atomic E-state index is 0.592. The minimum Gasteiger partial charge on any atom is -0.495 e. The van der Waals surface area contributed by atoms with Gasteiger partial charge in [-0.2, -0.15) is 0 Å². The Kier molecular flexibility index (Phi) is 3.32. The van der Waals surface area contributed by atoms with Crippen molar-refractivity contribution in [3.8, 4) is 16.9 Å². The molecule has 0 atom stereocenters. The number of benzene rings is 2. The number of hydrogen-bond donors (Lipinski definition) is 0. The standard InChI is InChI=1S/C14H10ClNO/c1-16-12-6-3-10(4-7-12)11-5-8-13(15)14(9-11)17-2/h3-9H,2H3. The number of halogens is 1. The Hall–Kier alpha value is -1.98. The Morgan fingerprint density at radius 1 is 1.06 bits per heavy atom. The van der Waals surface area contributed by atoms with Crippen LogP contribution in [0.5, 0.6) is 5.75 Å². The van der Waals surface area contributed by atoms with Crippen molar-refractivity contribution in [2.24, 2.45) is 0 Å². The molecule has 2 rings (SSSR count). The second kappa shape index (κ2) is 4.90. The van der Waals surface area contributed by atoms with E-state index >= 15 is 0 Å².